The first-order chi connectivity index (χ1) is 17.6. The van der Waals surface area contributed by atoms with Crippen LogP contribution in [0.5, 0.6) is 0 Å². The van der Waals surface area contributed by atoms with Gasteiger partial charge in [0.2, 0.25) is 0 Å². The molecule has 0 fully saturated rings. The van der Waals surface area contributed by atoms with E-state index in [0.29, 0.717) is 34.9 Å². The molecule has 3 aromatic rings. The highest BCUT2D eigenvalue weighted by atomic mass is 35.5. The molecular weight excluding hydrogens is 538 g/mol. The molecule has 0 unspecified atom stereocenters. The van der Waals surface area contributed by atoms with Crippen molar-refractivity contribution in [2.45, 2.75) is 40.2 Å². The van der Waals surface area contributed by atoms with Gasteiger partial charge in [0.1, 0.15) is 5.82 Å². The molecule has 0 aliphatic rings. The third-order valence-corrected chi connectivity index (χ3v) is 6.83. The number of carbonyl (C=O) groups is 2. The zero-order valence-corrected chi connectivity index (χ0v) is 22.9. The quantitative estimate of drug-likeness (QED) is 0.182. The normalized spacial score (nSPS) is 11.7. The van der Waals surface area contributed by atoms with Crippen LogP contribution in [0.2, 0.25) is 10.0 Å². The Labute approximate surface area is 229 Å². The predicted octanol–water partition coefficient (Wildman–Crippen LogP) is 7.95. The molecule has 2 N–H and O–H groups in total. The third-order valence-electron chi connectivity index (χ3n) is 5.45. The van der Waals surface area contributed by atoms with E-state index >= 15 is 4.39 Å². The highest BCUT2D eigenvalue weighted by Crippen LogP contribution is 2.31. The van der Waals surface area contributed by atoms with Crippen LogP contribution in [-0.2, 0) is 16.1 Å². The van der Waals surface area contributed by atoms with Gasteiger partial charge in [-0.3, -0.25) is 10.1 Å². The van der Waals surface area contributed by atoms with Crippen molar-refractivity contribution < 1.29 is 23.8 Å². The van der Waals surface area contributed by atoms with Crippen molar-refractivity contribution >= 4 is 57.6 Å². The largest absolute Gasteiger partial charge is 0.478 e. The van der Waals surface area contributed by atoms with Gasteiger partial charge in [-0.25, -0.2) is 14.2 Å². The Morgan fingerprint density at radius 3 is 2.59 bits per heavy atom. The third kappa shape index (κ3) is 7.85. The number of amides is 1. The molecule has 10 heteroatoms. The number of hydrogen-bond donors (Lipinski definition) is 2. The van der Waals surface area contributed by atoms with Crippen molar-refractivity contribution in [1.29, 1.82) is 0 Å². The van der Waals surface area contributed by atoms with Gasteiger partial charge in [0.25, 0.3) is 5.91 Å². The molecule has 0 spiro atoms. The molecule has 0 atom stereocenters. The molecular formula is C27H27Cl2FN2O4S. The zero-order valence-electron chi connectivity index (χ0n) is 20.6. The molecule has 0 saturated heterocycles. The van der Waals surface area contributed by atoms with Crippen LogP contribution in [0.25, 0.3) is 17.3 Å². The van der Waals surface area contributed by atoms with Crippen LogP contribution in [0.15, 0.2) is 41.3 Å². The molecule has 0 aliphatic carbocycles. The second-order valence-electron chi connectivity index (χ2n) is 8.85. The van der Waals surface area contributed by atoms with Crippen molar-refractivity contribution in [3.63, 3.8) is 0 Å². The van der Waals surface area contributed by atoms with E-state index in [9.17, 15) is 9.59 Å². The zero-order chi connectivity index (χ0) is 27.1. The number of hydrogen-bond acceptors (Lipinski definition) is 5. The highest BCUT2D eigenvalue weighted by Gasteiger charge is 2.17. The van der Waals surface area contributed by atoms with Gasteiger partial charge in [-0.15, -0.1) is 11.3 Å². The summed E-state index contributed by atoms with van der Waals surface area (Å²) in [5.41, 5.74) is 1.66. The molecule has 1 aromatic heterocycles. The summed E-state index contributed by atoms with van der Waals surface area (Å²) < 4.78 is 20.8. The fourth-order valence-corrected chi connectivity index (χ4v) is 4.72. The smallest absolute Gasteiger partial charge is 0.331 e. The second-order valence-corrected chi connectivity index (χ2v) is 10.5. The number of ether oxygens (including phenoxy) is 1. The maximum atomic E-state index is 15.1. The molecule has 0 bridgehead atoms. The fraction of sp³-hybridized carbons (Fsp3) is 0.296. The van der Waals surface area contributed by atoms with Crippen LogP contribution in [0, 0.1) is 11.7 Å². The Kier molecular flexibility index (Phi) is 10.2. The topological polar surface area (TPSA) is 88.5 Å². The summed E-state index contributed by atoms with van der Waals surface area (Å²) in [6, 6.07) is 7.84. The van der Waals surface area contributed by atoms with Crippen LogP contribution < -0.4 is 5.32 Å². The molecule has 0 aliphatic heterocycles. The van der Waals surface area contributed by atoms with E-state index in [-0.39, 0.29) is 32.9 Å². The molecule has 2 aromatic carbocycles. The van der Waals surface area contributed by atoms with Gasteiger partial charge in [0.15, 0.2) is 5.13 Å². The molecule has 1 heterocycles. The molecule has 37 heavy (non-hydrogen) atoms. The summed E-state index contributed by atoms with van der Waals surface area (Å²) in [4.78, 5) is 28.2. The van der Waals surface area contributed by atoms with Gasteiger partial charge in [-0.1, -0.05) is 49.2 Å². The van der Waals surface area contributed by atoms with Crippen LogP contribution >= 0.6 is 34.5 Å². The standard InChI is InChI=1S/C27H27Cl2FN2O4S/c1-15(2)6-5-9-36-13-17-7-4-8-19(24(17)30)23-14-37-27(31-23)32-25(33)18-11-21(28)20(22(29)12-18)10-16(3)26(34)35/h4,7-8,10-12,14-15H,5-6,9,13H2,1-3H3,(H,34,35)(H,31,32,33). The molecule has 0 radical (unpaired) electrons. The Bertz CT molecular complexity index is 1300. The van der Waals surface area contributed by atoms with Crippen LogP contribution in [0.4, 0.5) is 9.52 Å². The van der Waals surface area contributed by atoms with E-state index < -0.39 is 17.7 Å². The van der Waals surface area contributed by atoms with Crippen LogP contribution in [0.1, 0.15) is 55.1 Å². The van der Waals surface area contributed by atoms with Gasteiger partial charge in [-0.05, 0) is 50.0 Å². The lowest BCUT2D eigenvalue weighted by Gasteiger charge is -2.09. The van der Waals surface area contributed by atoms with Gasteiger partial charge in [0, 0.05) is 39.8 Å². The molecule has 6 nitrogen and oxygen atoms in total. The Balaban J connectivity index is 1.71. The van der Waals surface area contributed by atoms with Crippen molar-refractivity contribution in [3.05, 3.63) is 73.8 Å². The van der Waals surface area contributed by atoms with Gasteiger partial charge in [0.05, 0.1) is 22.3 Å². The average Bonchev–Trinajstić information content (AvgIpc) is 3.29. The minimum absolute atomic E-state index is 0.0466. The minimum atomic E-state index is -1.11. The summed E-state index contributed by atoms with van der Waals surface area (Å²) in [5, 5.41) is 13.9. The lowest BCUT2D eigenvalue weighted by molar-refractivity contribution is -0.132. The number of nitrogens with one attached hydrogen (secondary N) is 1. The number of carboxylic acid groups (broad SMARTS) is 1. The van der Waals surface area contributed by atoms with Gasteiger partial charge in [-0.2, -0.15) is 0 Å². The first-order valence-electron chi connectivity index (χ1n) is 11.6. The maximum absolute atomic E-state index is 15.1. The first-order valence-corrected chi connectivity index (χ1v) is 13.2. The number of nitrogens with zero attached hydrogens (tertiary/aromatic N) is 1. The predicted molar refractivity (Wildman–Crippen MR) is 147 cm³/mol. The summed E-state index contributed by atoms with van der Waals surface area (Å²) >= 11 is 13.6. The number of aliphatic carboxylic acids is 1. The molecule has 1 amide bonds. The summed E-state index contributed by atoms with van der Waals surface area (Å²) in [7, 11) is 0. The number of anilines is 1. The molecule has 0 saturated carbocycles. The van der Waals surface area contributed by atoms with E-state index in [1.165, 1.54) is 25.1 Å². The monoisotopic (exact) mass is 564 g/mol. The Morgan fingerprint density at radius 1 is 1.24 bits per heavy atom. The number of halogens is 3. The van der Waals surface area contributed by atoms with Gasteiger partial charge >= 0.3 is 5.97 Å². The van der Waals surface area contributed by atoms with Gasteiger partial charge < -0.3 is 9.84 Å². The SMILES string of the molecule is CC(=Cc1c(Cl)cc(C(=O)Nc2nc(-c3cccc(COCCCC(C)C)c3F)cs2)cc1Cl)C(=O)O. The van der Waals surface area contributed by atoms with E-state index in [1.807, 2.05) is 0 Å². The van der Waals surface area contributed by atoms with E-state index in [0.717, 1.165) is 24.2 Å². The van der Waals surface area contributed by atoms with Crippen molar-refractivity contribution in [1.82, 2.24) is 4.98 Å². The van der Waals surface area contributed by atoms with Crippen molar-refractivity contribution in [3.8, 4) is 11.3 Å². The number of carboxylic acids is 1. The van der Waals surface area contributed by atoms with Crippen LogP contribution in [0.3, 0.4) is 0 Å². The van der Waals surface area contributed by atoms with Crippen LogP contribution in [-0.4, -0.2) is 28.6 Å². The van der Waals surface area contributed by atoms with Crippen molar-refractivity contribution in [2.24, 2.45) is 5.92 Å². The Hall–Kier alpha value is -2.78. The molecule has 196 valence electrons. The number of thiazole rings is 1. The van der Waals surface area contributed by atoms with E-state index in [1.54, 1.807) is 23.6 Å². The number of rotatable bonds is 11. The first kappa shape index (κ1) is 28.8. The maximum Gasteiger partial charge on any atom is 0.331 e. The number of benzene rings is 2. The summed E-state index contributed by atoms with van der Waals surface area (Å²) in [6.45, 7) is 6.45. The molecule has 3 rings (SSSR count). The van der Waals surface area contributed by atoms with E-state index in [2.05, 4.69) is 24.1 Å². The number of aromatic nitrogens is 1. The average molecular weight is 565 g/mol. The summed E-state index contributed by atoms with van der Waals surface area (Å²) in [5.74, 6) is -1.43. The summed E-state index contributed by atoms with van der Waals surface area (Å²) in [6.07, 6.45) is 3.31. The lowest BCUT2D eigenvalue weighted by atomic mass is 10.1. The number of carbonyl (C=O) groups excluding carboxylic acids is 1. The fourth-order valence-electron chi connectivity index (χ4n) is 3.42. The second kappa shape index (κ2) is 13.1. The minimum Gasteiger partial charge on any atom is -0.478 e. The van der Waals surface area contributed by atoms with Crippen molar-refractivity contribution in [2.75, 3.05) is 11.9 Å². The Morgan fingerprint density at radius 2 is 1.95 bits per heavy atom. The highest BCUT2D eigenvalue weighted by molar-refractivity contribution is 7.14. The lowest BCUT2D eigenvalue weighted by Crippen LogP contribution is -2.12. The van der Waals surface area contributed by atoms with E-state index in [4.69, 9.17) is 33.0 Å².